The van der Waals surface area contributed by atoms with Crippen LogP contribution in [-0.4, -0.2) is 17.7 Å². The summed E-state index contributed by atoms with van der Waals surface area (Å²) in [5.74, 6) is -1.88. The van der Waals surface area contributed by atoms with Crippen molar-refractivity contribution >= 4 is 17.6 Å². The summed E-state index contributed by atoms with van der Waals surface area (Å²) in [7, 11) is 0. The summed E-state index contributed by atoms with van der Waals surface area (Å²) >= 11 is 5.65. The van der Waals surface area contributed by atoms with E-state index in [9.17, 15) is 9.18 Å². The number of carbonyl (C=O) groups is 1. The highest BCUT2D eigenvalue weighted by Crippen LogP contribution is 2.24. The number of carboxylic acids is 1. The van der Waals surface area contributed by atoms with E-state index in [2.05, 4.69) is 0 Å². The van der Waals surface area contributed by atoms with Crippen molar-refractivity contribution in [1.29, 1.82) is 0 Å². The molecule has 15 heavy (non-hydrogen) atoms. The van der Waals surface area contributed by atoms with E-state index in [0.29, 0.717) is 0 Å². The van der Waals surface area contributed by atoms with E-state index in [1.807, 2.05) is 0 Å². The summed E-state index contributed by atoms with van der Waals surface area (Å²) in [6, 6.07) is 3.73. The first-order chi connectivity index (χ1) is 7.06. The van der Waals surface area contributed by atoms with Crippen LogP contribution in [0, 0.1) is 5.82 Å². The fourth-order valence-electron chi connectivity index (χ4n) is 1.18. The fourth-order valence-corrected chi connectivity index (χ4v) is 1.36. The Morgan fingerprint density at radius 1 is 1.67 bits per heavy atom. The lowest BCUT2D eigenvalue weighted by atomic mass is 10.1. The minimum Gasteiger partial charge on any atom is -0.479 e. The molecular weight excluding hydrogens is 223 g/mol. The monoisotopic (exact) mass is 232 g/mol. The predicted octanol–water partition coefficient (Wildman–Crippen LogP) is 2.64. The van der Waals surface area contributed by atoms with Gasteiger partial charge < -0.3 is 9.84 Å². The summed E-state index contributed by atoms with van der Waals surface area (Å²) < 4.78 is 18.2. The Labute approximate surface area is 91.4 Å². The van der Waals surface area contributed by atoms with E-state index in [1.165, 1.54) is 12.1 Å². The van der Waals surface area contributed by atoms with E-state index in [1.54, 1.807) is 6.92 Å². The maximum Gasteiger partial charge on any atom is 0.337 e. The first-order valence-corrected chi connectivity index (χ1v) is 4.73. The van der Waals surface area contributed by atoms with Crippen LogP contribution < -0.4 is 0 Å². The molecule has 1 atom stereocenters. The molecule has 0 radical (unpaired) electrons. The molecule has 3 nitrogen and oxygen atoms in total. The van der Waals surface area contributed by atoms with Gasteiger partial charge in [0.15, 0.2) is 6.10 Å². The van der Waals surface area contributed by atoms with Crippen LogP contribution >= 0.6 is 11.6 Å². The number of carboxylic acid groups (broad SMARTS) is 1. The van der Waals surface area contributed by atoms with Gasteiger partial charge in [0.25, 0.3) is 0 Å². The molecule has 0 amide bonds. The van der Waals surface area contributed by atoms with E-state index >= 15 is 0 Å². The highest BCUT2D eigenvalue weighted by Gasteiger charge is 2.23. The second-order valence-corrected chi connectivity index (χ2v) is 3.28. The largest absolute Gasteiger partial charge is 0.479 e. The summed E-state index contributed by atoms with van der Waals surface area (Å²) in [6.07, 6.45) is -1.31. The third-order valence-electron chi connectivity index (χ3n) is 1.80. The quantitative estimate of drug-likeness (QED) is 0.868. The van der Waals surface area contributed by atoms with Crippen molar-refractivity contribution in [2.24, 2.45) is 0 Å². The van der Waals surface area contributed by atoms with Crippen LogP contribution in [0.15, 0.2) is 18.2 Å². The zero-order valence-electron chi connectivity index (χ0n) is 8.04. The average molecular weight is 233 g/mol. The molecule has 0 fully saturated rings. The molecule has 0 aliphatic carbocycles. The fraction of sp³-hybridized carbons (Fsp3) is 0.300. The van der Waals surface area contributed by atoms with Gasteiger partial charge in [-0.05, 0) is 25.1 Å². The van der Waals surface area contributed by atoms with Gasteiger partial charge >= 0.3 is 5.97 Å². The van der Waals surface area contributed by atoms with Crippen LogP contribution in [0.2, 0.25) is 5.02 Å². The molecule has 0 saturated carbocycles. The number of aliphatic carboxylic acids is 1. The van der Waals surface area contributed by atoms with Crippen molar-refractivity contribution in [3.63, 3.8) is 0 Å². The van der Waals surface area contributed by atoms with Gasteiger partial charge in [0.05, 0.1) is 0 Å². The highest BCUT2D eigenvalue weighted by atomic mass is 35.5. The van der Waals surface area contributed by atoms with Crippen molar-refractivity contribution in [3.05, 3.63) is 34.6 Å². The molecule has 0 spiro atoms. The SMILES string of the molecule is CCOC(C(=O)O)c1cc(Cl)ccc1F. The lowest BCUT2D eigenvalue weighted by molar-refractivity contribution is -0.150. The molecule has 0 aliphatic rings. The van der Waals surface area contributed by atoms with Gasteiger partial charge in [-0.15, -0.1) is 0 Å². The molecule has 0 aromatic heterocycles. The second-order valence-electron chi connectivity index (χ2n) is 2.84. The van der Waals surface area contributed by atoms with Crippen molar-refractivity contribution in [2.75, 3.05) is 6.61 Å². The van der Waals surface area contributed by atoms with Crippen LogP contribution in [0.25, 0.3) is 0 Å². The Morgan fingerprint density at radius 2 is 2.33 bits per heavy atom. The minimum atomic E-state index is -1.31. The first kappa shape index (κ1) is 11.9. The Hall–Kier alpha value is -1.13. The van der Waals surface area contributed by atoms with Gasteiger partial charge in [-0.25, -0.2) is 9.18 Å². The summed E-state index contributed by atoms with van der Waals surface area (Å²) in [5.41, 5.74) is -0.0585. The first-order valence-electron chi connectivity index (χ1n) is 4.35. The van der Waals surface area contributed by atoms with Gasteiger partial charge in [-0.1, -0.05) is 11.6 Å². The summed E-state index contributed by atoms with van der Waals surface area (Å²) in [6.45, 7) is 1.82. The molecule has 1 aromatic rings. The molecular formula is C10H10ClFO3. The number of ether oxygens (including phenoxy) is 1. The maximum absolute atomic E-state index is 13.3. The Balaban J connectivity index is 3.09. The Kier molecular flexibility index (Phi) is 4.05. The molecule has 1 N–H and O–H groups in total. The maximum atomic E-state index is 13.3. The standard InChI is InChI=1S/C10H10ClFO3/c1-2-15-9(10(13)14)7-5-6(11)3-4-8(7)12/h3-5,9H,2H2,1H3,(H,13,14). The summed E-state index contributed by atoms with van der Waals surface area (Å²) in [5, 5.41) is 9.11. The molecule has 0 saturated heterocycles. The average Bonchev–Trinajstić information content (AvgIpc) is 2.18. The zero-order chi connectivity index (χ0) is 11.4. The molecule has 5 heteroatoms. The Morgan fingerprint density at radius 3 is 2.87 bits per heavy atom. The van der Waals surface area contributed by atoms with Gasteiger partial charge in [-0.3, -0.25) is 0 Å². The van der Waals surface area contributed by atoms with Gasteiger partial charge in [-0.2, -0.15) is 0 Å². The molecule has 82 valence electrons. The molecule has 1 aromatic carbocycles. The molecule has 0 bridgehead atoms. The lowest BCUT2D eigenvalue weighted by Gasteiger charge is -2.13. The number of hydrogen-bond donors (Lipinski definition) is 1. The van der Waals surface area contributed by atoms with Gasteiger partial charge in [0.2, 0.25) is 0 Å². The predicted molar refractivity (Wildman–Crippen MR) is 53.4 cm³/mol. The van der Waals surface area contributed by atoms with Crippen LogP contribution in [0.3, 0.4) is 0 Å². The molecule has 1 rings (SSSR count). The van der Waals surface area contributed by atoms with Crippen LogP contribution in [-0.2, 0) is 9.53 Å². The second kappa shape index (κ2) is 5.09. The Bertz CT molecular complexity index is 368. The summed E-state index contributed by atoms with van der Waals surface area (Å²) in [4.78, 5) is 10.8. The van der Waals surface area contributed by atoms with Gasteiger partial charge in [0.1, 0.15) is 5.82 Å². The highest BCUT2D eigenvalue weighted by molar-refractivity contribution is 6.30. The van der Waals surface area contributed by atoms with Crippen LogP contribution in [0.4, 0.5) is 4.39 Å². The van der Waals surface area contributed by atoms with Crippen molar-refractivity contribution < 1.29 is 19.0 Å². The van der Waals surface area contributed by atoms with E-state index in [4.69, 9.17) is 21.4 Å². The van der Waals surface area contributed by atoms with Crippen LogP contribution in [0.1, 0.15) is 18.6 Å². The zero-order valence-corrected chi connectivity index (χ0v) is 8.79. The number of hydrogen-bond acceptors (Lipinski definition) is 2. The topological polar surface area (TPSA) is 46.5 Å². The van der Waals surface area contributed by atoms with E-state index < -0.39 is 17.9 Å². The van der Waals surface area contributed by atoms with E-state index in [0.717, 1.165) is 6.07 Å². The third-order valence-corrected chi connectivity index (χ3v) is 2.03. The van der Waals surface area contributed by atoms with Crippen molar-refractivity contribution in [3.8, 4) is 0 Å². The third kappa shape index (κ3) is 2.91. The minimum absolute atomic E-state index is 0.0585. The molecule has 0 heterocycles. The lowest BCUT2D eigenvalue weighted by Crippen LogP contribution is -2.16. The van der Waals surface area contributed by atoms with Crippen LogP contribution in [0.5, 0.6) is 0 Å². The molecule has 1 unspecified atom stereocenters. The molecule has 0 aliphatic heterocycles. The van der Waals surface area contributed by atoms with Gasteiger partial charge in [0, 0.05) is 17.2 Å². The normalized spacial score (nSPS) is 12.5. The van der Waals surface area contributed by atoms with Crippen molar-refractivity contribution in [2.45, 2.75) is 13.0 Å². The smallest absolute Gasteiger partial charge is 0.337 e. The van der Waals surface area contributed by atoms with E-state index in [-0.39, 0.29) is 17.2 Å². The number of benzene rings is 1. The van der Waals surface area contributed by atoms with Crippen molar-refractivity contribution in [1.82, 2.24) is 0 Å². The number of rotatable bonds is 4. The number of halogens is 2.